The summed E-state index contributed by atoms with van der Waals surface area (Å²) in [4.78, 5) is 13.4. The van der Waals surface area contributed by atoms with Crippen molar-refractivity contribution in [2.75, 3.05) is 19.6 Å². The van der Waals surface area contributed by atoms with Crippen molar-refractivity contribution in [3.63, 3.8) is 0 Å². The third-order valence-corrected chi connectivity index (χ3v) is 2.72. The highest BCUT2D eigenvalue weighted by Crippen LogP contribution is 2.27. The van der Waals surface area contributed by atoms with Gasteiger partial charge in [-0.1, -0.05) is 6.08 Å². The van der Waals surface area contributed by atoms with Crippen molar-refractivity contribution in [3.8, 4) is 0 Å². The van der Waals surface area contributed by atoms with Crippen molar-refractivity contribution in [1.29, 1.82) is 0 Å². The zero-order valence-electron chi connectivity index (χ0n) is 11.3. The summed E-state index contributed by atoms with van der Waals surface area (Å²) >= 11 is 0. The summed E-state index contributed by atoms with van der Waals surface area (Å²) in [6.45, 7) is 7.05. The molecule has 5 heteroatoms. The Morgan fingerprint density at radius 2 is 1.89 bits per heavy atom. The first-order valence-electron chi connectivity index (χ1n) is 6.27. The lowest BCUT2D eigenvalue weighted by Gasteiger charge is -2.30. The Morgan fingerprint density at radius 3 is 2.39 bits per heavy atom. The van der Waals surface area contributed by atoms with Crippen LogP contribution in [0.4, 0.5) is 8.78 Å². The molecule has 1 aliphatic heterocycles. The summed E-state index contributed by atoms with van der Waals surface area (Å²) in [6, 6.07) is 0. The van der Waals surface area contributed by atoms with Gasteiger partial charge in [0.1, 0.15) is 0 Å². The number of alkyl halides is 2. The summed E-state index contributed by atoms with van der Waals surface area (Å²) in [5, 5.41) is 2.81. The van der Waals surface area contributed by atoms with E-state index in [9.17, 15) is 13.6 Å². The van der Waals surface area contributed by atoms with Crippen LogP contribution >= 0.6 is 0 Å². The van der Waals surface area contributed by atoms with Gasteiger partial charge in [0.05, 0.1) is 0 Å². The van der Waals surface area contributed by atoms with Crippen molar-refractivity contribution >= 4 is 5.91 Å². The van der Waals surface area contributed by atoms with E-state index in [1.807, 2.05) is 25.7 Å². The fourth-order valence-electron chi connectivity index (χ4n) is 1.78. The molecule has 1 aliphatic rings. The number of likely N-dealkylation sites (tertiary alicyclic amines) is 1. The summed E-state index contributed by atoms with van der Waals surface area (Å²) < 4.78 is 25.8. The van der Waals surface area contributed by atoms with E-state index in [0.29, 0.717) is 19.6 Å². The van der Waals surface area contributed by atoms with E-state index in [2.05, 4.69) is 5.32 Å². The molecule has 1 N–H and O–H groups in total. The molecule has 1 saturated heterocycles. The molecule has 0 aliphatic carbocycles. The minimum atomic E-state index is -2.51. The van der Waals surface area contributed by atoms with Crippen LogP contribution in [0.1, 0.15) is 33.6 Å². The third kappa shape index (κ3) is 6.10. The third-order valence-electron chi connectivity index (χ3n) is 2.72. The van der Waals surface area contributed by atoms with Crippen LogP contribution in [0.2, 0.25) is 0 Å². The number of carbonyl (C=O) groups is 1. The van der Waals surface area contributed by atoms with Gasteiger partial charge in [0.15, 0.2) is 0 Å². The molecule has 0 bridgehead atoms. The second kappa shape index (κ2) is 5.78. The van der Waals surface area contributed by atoms with Gasteiger partial charge in [-0.15, -0.1) is 0 Å². The van der Waals surface area contributed by atoms with E-state index in [0.717, 1.165) is 0 Å². The monoisotopic (exact) mass is 260 g/mol. The topological polar surface area (TPSA) is 32.3 Å². The lowest BCUT2D eigenvalue weighted by molar-refractivity contribution is -0.117. The maximum atomic E-state index is 12.9. The maximum Gasteiger partial charge on any atom is 0.250 e. The normalized spacial score (nSPS) is 21.2. The lowest BCUT2D eigenvalue weighted by Crippen LogP contribution is -2.40. The Hall–Kier alpha value is -0.970. The molecule has 0 radical (unpaired) electrons. The Bertz CT molecular complexity index is 311. The zero-order valence-corrected chi connectivity index (χ0v) is 11.3. The van der Waals surface area contributed by atoms with Gasteiger partial charge < -0.3 is 5.32 Å². The number of nitrogens with one attached hydrogen (secondary N) is 1. The first kappa shape index (κ1) is 15.1. The highest BCUT2D eigenvalue weighted by atomic mass is 19.3. The van der Waals surface area contributed by atoms with E-state index in [-0.39, 0.29) is 24.3 Å². The first-order valence-corrected chi connectivity index (χ1v) is 6.27. The highest BCUT2D eigenvalue weighted by molar-refractivity contribution is 5.87. The van der Waals surface area contributed by atoms with E-state index in [1.54, 1.807) is 6.08 Å². The molecular weight excluding hydrogens is 238 g/mol. The molecule has 0 aromatic heterocycles. The Kier molecular flexibility index (Phi) is 4.85. The van der Waals surface area contributed by atoms with Gasteiger partial charge in [-0.2, -0.15) is 0 Å². The number of carbonyl (C=O) groups excluding carboxylic acids is 1. The average molecular weight is 260 g/mol. The van der Waals surface area contributed by atoms with Crippen molar-refractivity contribution in [2.24, 2.45) is 0 Å². The molecule has 18 heavy (non-hydrogen) atoms. The molecule has 0 aromatic rings. The van der Waals surface area contributed by atoms with E-state index in [4.69, 9.17) is 0 Å². The van der Waals surface area contributed by atoms with Gasteiger partial charge in [-0.3, -0.25) is 9.69 Å². The molecule has 0 atom stereocenters. The molecule has 0 unspecified atom stereocenters. The van der Waals surface area contributed by atoms with Crippen LogP contribution in [0, 0.1) is 0 Å². The molecule has 3 nitrogen and oxygen atoms in total. The predicted molar refractivity (Wildman–Crippen MR) is 67.7 cm³/mol. The maximum absolute atomic E-state index is 12.9. The standard InChI is InChI=1S/C13H22F2N2O/c1-12(2,3)16-11(18)5-4-8-17-9-6-13(14,15)7-10-17/h4-5H,6-10H2,1-3H3,(H,16,18)/b5-4+. The molecule has 1 heterocycles. The van der Waals surface area contributed by atoms with Crippen LogP contribution in [0.25, 0.3) is 0 Å². The van der Waals surface area contributed by atoms with Gasteiger partial charge in [0.25, 0.3) is 5.92 Å². The largest absolute Gasteiger partial charge is 0.348 e. The minimum Gasteiger partial charge on any atom is -0.348 e. The molecule has 0 spiro atoms. The number of amides is 1. The van der Waals surface area contributed by atoms with Gasteiger partial charge in [-0.25, -0.2) is 8.78 Å². The van der Waals surface area contributed by atoms with Gasteiger partial charge >= 0.3 is 0 Å². The summed E-state index contributed by atoms with van der Waals surface area (Å²) in [7, 11) is 0. The van der Waals surface area contributed by atoms with E-state index >= 15 is 0 Å². The number of rotatable bonds is 3. The highest BCUT2D eigenvalue weighted by Gasteiger charge is 2.33. The SMILES string of the molecule is CC(C)(C)NC(=O)/C=C/CN1CCC(F)(F)CC1. The number of piperidine rings is 1. The zero-order chi connectivity index (χ0) is 13.8. The van der Waals surface area contributed by atoms with Crippen LogP contribution in [-0.4, -0.2) is 41.9 Å². The number of nitrogens with zero attached hydrogens (tertiary/aromatic N) is 1. The van der Waals surface area contributed by atoms with Crippen LogP contribution in [0.5, 0.6) is 0 Å². The number of hydrogen-bond acceptors (Lipinski definition) is 2. The van der Waals surface area contributed by atoms with Gasteiger partial charge in [0.2, 0.25) is 5.91 Å². The second-order valence-electron chi connectivity index (χ2n) is 5.80. The van der Waals surface area contributed by atoms with Crippen LogP contribution in [0.3, 0.4) is 0 Å². The van der Waals surface area contributed by atoms with Crippen LogP contribution in [0.15, 0.2) is 12.2 Å². The first-order chi connectivity index (χ1) is 8.18. The van der Waals surface area contributed by atoms with E-state index in [1.165, 1.54) is 6.08 Å². The Balaban J connectivity index is 2.27. The second-order valence-corrected chi connectivity index (χ2v) is 5.80. The van der Waals surface area contributed by atoms with Crippen LogP contribution < -0.4 is 5.32 Å². The molecule has 0 aromatic carbocycles. The number of hydrogen-bond donors (Lipinski definition) is 1. The Morgan fingerprint density at radius 1 is 1.33 bits per heavy atom. The molecule has 1 fully saturated rings. The van der Waals surface area contributed by atoms with Crippen molar-refractivity contribution in [3.05, 3.63) is 12.2 Å². The van der Waals surface area contributed by atoms with Crippen molar-refractivity contribution in [2.45, 2.75) is 45.1 Å². The molecule has 1 amide bonds. The predicted octanol–water partition coefficient (Wildman–Crippen LogP) is 2.19. The summed E-state index contributed by atoms with van der Waals surface area (Å²) in [5.41, 5.74) is -0.255. The fraction of sp³-hybridized carbons (Fsp3) is 0.769. The molecule has 1 rings (SSSR count). The van der Waals surface area contributed by atoms with Gasteiger partial charge in [-0.05, 0) is 20.8 Å². The van der Waals surface area contributed by atoms with Crippen molar-refractivity contribution in [1.82, 2.24) is 10.2 Å². The van der Waals surface area contributed by atoms with Gasteiger partial charge in [0, 0.05) is 44.1 Å². The van der Waals surface area contributed by atoms with Crippen molar-refractivity contribution < 1.29 is 13.6 Å². The minimum absolute atomic E-state index is 0.0883. The number of halogens is 2. The summed E-state index contributed by atoms with van der Waals surface area (Å²) in [6.07, 6.45) is 3.02. The molecular formula is C13H22F2N2O. The lowest BCUT2D eigenvalue weighted by atomic mass is 10.1. The fourth-order valence-corrected chi connectivity index (χ4v) is 1.78. The summed E-state index contributed by atoms with van der Waals surface area (Å²) in [5.74, 6) is -2.66. The van der Waals surface area contributed by atoms with Crippen LogP contribution in [-0.2, 0) is 4.79 Å². The molecule has 104 valence electrons. The quantitative estimate of drug-likeness (QED) is 0.789. The smallest absolute Gasteiger partial charge is 0.250 e. The Labute approximate surface area is 107 Å². The average Bonchev–Trinajstić information content (AvgIpc) is 2.18. The molecule has 0 saturated carbocycles. The van der Waals surface area contributed by atoms with E-state index < -0.39 is 5.92 Å².